The van der Waals surface area contributed by atoms with Gasteiger partial charge in [-0.1, -0.05) is 6.07 Å². The maximum absolute atomic E-state index is 13.5. The maximum Gasteiger partial charge on any atom is 0.317 e. The minimum Gasteiger partial charge on any atom is -0.480 e. The first-order valence-corrected chi connectivity index (χ1v) is 6.15. The van der Waals surface area contributed by atoms with Crippen molar-refractivity contribution >= 4 is 5.97 Å². The van der Waals surface area contributed by atoms with Crippen molar-refractivity contribution in [3.05, 3.63) is 35.4 Å². The predicted molar refractivity (Wildman–Crippen MR) is 65.7 cm³/mol. The molecule has 1 aromatic rings. The van der Waals surface area contributed by atoms with Gasteiger partial charge >= 0.3 is 5.97 Å². The first kappa shape index (κ1) is 13.9. The molecular weight excluding hydrogens is 254 g/mol. The summed E-state index contributed by atoms with van der Waals surface area (Å²) in [5.74, 6) is -1.95. The van der Waals surface area contributed by atoms with E-state index in [1.165, 1.54) is 12.1 Å². The molecule has 19 heavy (non-hydrogen) atoms. The zero-order valence-corrected chi connectivity index (χ0v) is 10.5. The molecule has 104 valence electrons. The molecule has 2 rings (SSSR count). The first-order chi connectivity index (χ1) is 9.04. The van der Waals surface area contributed by atoms with E-state index in [1.54, 1.807) is 0 Å². The smallest absolute Gasteiger partial charge is 0.317 e. The van der Waals surface area contributed by atoms with Crippen LogP contribution in [0.25, 0.3) is 0 Å². The minimum atomic E-state index is -0.835. The van der Waals surface area contributed by atoms with Crippen molar-refractivity contribution in [2.24, 2.45) is 0 Å². The van der Waals surface area contributed by atoms with Crippen molar-refractivity contribution < 1.29 is 18.7 Å². The highest BCUT2D eigenvalue weighted by Crippen LogP contribution is 2.13. The summed E-state index contributed by atoms with van der Waals surface area (Å²) in [6.07, 6.45) is 0. The van der Waals surface area contributed by atoms with Gasteiger partial charge in [-0.25, -0.2) is 8.78 Å². The first-order valence-electron chi connectivity index (χ1n) is 6.15. The van der Waals surface area contributed by atoms with E-state index in [0.717, 1.165) is 6.07 Å². The third-order valence-corrected chi connectivity index (χ3v) is 3.23. The molecule has 0 bridgehead atoms. The van der Waals surface area contributed by atoms with E-state index in [-0.39, 0.29) is 6.54 Å². The van der Waals surface area contributed by atoms with Gasteiger partial charge in [0.05, 0.1) is 6.54 Å². The molecule has 6 heteroatoms. The van der Waals surface area contributed by atoms with Gasteiger partial charge in [-0.15, -0.1) is 0 Å². The van der Waals surface area contributed by atoms with E-state index < -0.39 is 17.6 Å². The number of benzene rings is 1. The van der Waals surface area contributed by atoms with Crippen molar-refractivity contribution in [3.8, 4) is 0 Å². The molecule has 0 aromatic heterocycles. The Bertz CT molecular complexity index is 460. The Labute approximate surface area is 110 Å². The fourth-order valence-electron chi connectivity index (χ4n) is 2.19. The average Bonchev–Trinajstić information content (AvgIpc) is 2.34. The van der Waals surface area contributed by atoms with E-state index in [4.69, 9.17) is 5.11 Å². The van der Waals surface area contributed by atoms with Crippen LogP contribution in [0.1, 0.15) is 5.56 Å². The molecule has 0 aliphatic carbocycles. The molecule has 1 aromatic carbocycles. The second-order valence-electron chi connectivity index (χ2n) is 4.68. The van der Waals surface area contributed by atoms with Crippen molar-refractivity contribution in [2.75, 3.05) is 32.7 Å². The lowest BCUT2D eigenvalue weighted by molar-refractivity contribution is -0.138. The quantitative estimate of drug-likeness (QED) is 0.892. The number of rotatable bonds is 4. The molecule has 1 heterocycles. The van der Waals surface area contributed by atoms with Crippen molar-refractivity contribution in [1.82, 2.24) is 9.80 Å². The lowest BCUT2D eigenvalue weighted by Crippen LogP contribution is -2.47. The Morgan fingerprint density at radius 1 is 1.16 bits per heavy atom. The van der Waals surface area contributed by atoms with Crippen LogP contribution in [0, 0.1) is 11.6 Å². The summed E-state index contributed by atoms with van der Waals surface area (Å²) < 4.78 is 26.3. The number of nitrogens with zero attached hydrogens (tertiary/aromatic N) is 2. The minimum absolute atomic E-state index is 0.0404. The normalized spacial score (nSPS) is 17.6. The second kappa shape index (κ2) is 6.08. The van der Waals surface area contributed by atoms with E-state index in [2.05, 4.69) is 0 Å². The number of carboxylic acids is 1. The van der Waals surface area contributed by atoms with Crippen LogP contribution >= 0.6 is 0 Å². The Morgan fingerprint density at radius 2 is 1.79 bits per heavy atom. The summed E-state index contributed by atoms with van der Waals surface area (Å²) in [4.78, 5) is 14.5. The molecule has 4 nitrogen and oxygen atoms in total. The third-order valence-electron chi connectivity index (χ3n) is 3.23. The number of carboxylic acid groups (broad SMARTS) is 1. The van der Waals surface area contributed by atoms with Crippen LogP contribution in [0.2, 0.25) is 0 Å². The van der Waals surface area contributed by atoms with Crippen LogP contribution in [0.3, 0.4) is 0 Å². The van der Waals surface area contributed by atoms with Crippen molar-refractivity contribution in [3.63, 3.8) is 0 Å². The van der Waals surface area contributed by atoms with E-state index in [9.17, 15) is 13.6 Å². The van der Waals surface area contributed by atoms with Crippen LogP contribution in [-0.2, 0) is 11.3 Å². The van der Waals surface area contributed by atoms with Gasteiger partial charge in [0, 0.05) is 44.4 Å². The van der Waals surface area contributed by atoms with Gasteiger partial charge < -0.3 is 5.11 Å². The summed E-state index contributed by atoms with van der Waals surface area (Å²) in [6, 6.07) is 3.59. The largest absolute Gasteiger partial charge is 0.480 e. The predicted octanol–water partition coefficient (Wildman–Crippen LogP) is 1.17. The summed E-state index contributed by atoms with van der Waals surface area (Å²) >= 11 is 0. The molecule has 0 saturated carbocycles. The van der Waals surface area contributed by atoms with Gasteiger partial charge in [0.1, 0.15) is 11.6 Å². The van der Waals surface area contributed by atoms with Gasteiger partial charge in [0.25, 0.3) is 0 Å². The molecule has 0 radical (unpaired) electrons. The highest BCUT2D eigenvalue weighted by molar-refractivity contribution is 5.69. The lowest BCUT2D eigenvalue weighted by atomic mass is 10.2. The molecular formula is C13H16F2N2O2. The molecule has 1 N–H and O–H groups in total. The Morgan fingerprint density at radius 3 is 2.37 bits per heavy atom. The number of carbonyl (C=O) groups is 1. The number of piperazine rings is 1. The van der Waals surface area contributed by atoms with Gasteiger partial charge in [-0.05, 0) is 6.07 Å². The summed E-state index contributed by atoms with van der Waals surface area (Å²) in [7, 11) is 0. The fraction of sp³-hybridized carbons (Fsp3) is 0.462. The number of aliphatic carboxylic acids is 1. The highest BCUT2D eigenvalue weighted by Gasteiger charge is 2.19. The zero-order valence-electron chi connectivity index (χ0n) is 10.5. The summed E-state index contributed by atoms with van der Waals surface area (Å²) in [5.41, 5.74) is 0.466. The van der Waals surface area contributed by atoms with Crippen LogP contribution in [0.15, 0.2) is 18.2 Å². The third kappa shape index (κ3) is 3.97. The molecule has 0 atom stereocenters. The summed E-state index contributed by atoms with van der Waals surface area (Å²) in [6.45, 7) is 3.13. The van der Waals surface area contributed by atoms with Crippen LogP contribution in [0.5, 0.6) is 0 Å². The van der Waals surface area contributed by atoms with Crippen molar-refractivity contribution in [2.45, 2.75) is 6.54 Å². The SMILES string of the molecule is O=C(O)CN1CCN(Cc2ccc(F)cc2F)CC1. The van der Waals surface area contributed by atoms with Gasteiger partial charge in [0.15, 0.2) is 0 Å². The summed E-state index contributed by atoms with van der Waals surface area (Å²) in [5, 5.41) is 8.69. The zero-order chi connectivity index (χ0) is 13.8. The Hall–Kier alpha value is -1.53. The monoisotopic (exact) mass is 270 g/mol. The van der Waals surface area contributed by atoms with Crippen LogP contribution in [0.4, 0.5) is 8.78 Å². The number of hydrogen-bond acceptors (Lipinski definition) is 3. The van der Waals surface area contributed by atoms with Crippen molar-refractivity contribution in [1.29, 1.82) is 0 Å². The fourth-order valence-corrected chi connectivity index (χ4v) is 2.19. The molecule has 1 saturated heterocycles. The van der Waals surface area contributed by atoms with Crippen LogP contribution in [-0.4, -0.2) is 53.6 Å². The molecule has 1 aliphatic rings. The van der Waals surface area contributed by atoms with Gasteiger partial charge in [0.2, 0.25) is 0 Å². The molecule has 1 aliphatic heterocycles. The maximum atomic E-state index is 13.5. The van der Waals surface area contributed by atoms with Gasteiger partial charge in [-0.3, -0.25) is 14.6 Å². The molecule has 0 unspecified atom stereocenters. The average molecular weight is 270 g/mol. The van der Waals surface area contributed by atoms with Crippen LogP contribution < -0.4 is 0 Å². The topological polar surface area (TPSA) is 43.8 Å². The van der Waals surface area contributed by atoms with E-state index in [0.29, 0.717) is 38.3 Å². The highest BCUT2D eigenvalue weighted by atomic mass is 19.1. The molecule has 1 fully saturated rings. The second-order valence-corrected chi connectivity index (χ2v) is 4.68. The molecule has 0 spiro atoms. The standard InChI is InChI=1S/C13H16F2N2O2/c14-11-2-1-10(12(15)7-11)8-16-3-5-17(6-4-16)9-13(18)19/h1-2,7H,3-6,8-9H2,(H,18,19). The Kier molecular flexibility index (Phi) is 4.44. The number of halogens is 2. The number of hydrogen-bond donors (Lipinski definition) is 1. The van der Waals surface area contributed by atoms with Gasteiger partial charge in [-0.2, -0.15) is 0 Å². The van der Waals surface area contributed by atoms with E-state index >= 15 is 0 Å². The lowest BCUT2D eigenvalue weighted by Gasteiger charge is -2.33. The molecule has 0 amide bonds. The van der Waals surface area contributed by atoms with E-state index in [1.807, 2.05) is 9.80 Å². The Balaban J connectivity index is 1.87.